The number of benzene rings is 1. The molecule has 1 aliphatic heterocycles. The summed E-state index contributed by atoms with van der Waals surface area (Å²) in [5.41, 5.74) is 2.31. The number of thiophene rings is 1. The van der Waals surface area contributed by atoms with E-state index in [2.05, 4.69) is 16.0 Å². The maximum absolute atomic E-state index is 12.2. The van der Waals surface area contributed by atoms with Crippen molar-refractivity contribution in [3.05, 3.63) is 46.2 Å². The van der Waals surface area contributed by atoms with Gasteiger partial charge in [0.15, 0.2) is 0 Å². The third-order valence-electron chi connectivity index (χ3n) is 3.98. The molecule has 1 fully saturated rings. The summed E-state index contributed by atoms with van der Waals surface area (Å²) in [5, 5.41) is 10.3. The molecule has 1 aromatic carbocycles. The topological polar surface area (TPSA) is 79.5 Å². The van der Waals surface area contributed by atoms with Gasteiger partial charge in [-0.2, -0.15) is 0 Å². The molecule has 7 heteroatoms. The van der Waals surface area contributed by atoms with Gasteiger partial charge in [0.1, 0.15) is 0 Å². The molecule has 1 atom stereocenters. The van der Waals surface area contributed by atoms with Crippen LogP contribution in [0.3, 0.4) is 0 Å². The lowest BCUT2D eigenvalue weighted by Crippen LogP contribution is -2.35. The van der Waals surface area contributed by atoms with E-state index in [-0.39, 0.29) is 18.0 Å². The highest BCUT2D eigenvalue weighted by atomic mass is 32.1. The van der Waals surface area contributed by atoms with E-state index in [1.807, 2.05) is 18.4 Å². The van der Waals surface area contributed by atoms with E-state index in [4.69, 9.17) is 4.74 Å². The predicted octanol–water partition coefficient (Wildman–Crippen LogP) is 3.61. The quantitative estimate of drug-likeness (QED) is 0.763. The van der Waals surface area contributed by atoms with Crippen molar-refractivity contribution >= 4 is 34.6 Å². The molecule has 25 heavy (non-hydrogen) atoms. The minimum Gasteiger partial charge on any atom is -0.376 e. The monoisotopic (exact) mass is 359 g/mol. The molecule has 132 valence electrons. The SMILES string of the molecule is Cc1ccsc1C(=O)Nc1ccc(NC(=O)NC[C@@H]2CCCO2)cc1. The first-order valence-corrected chi connectivity index (χ1v) is 9.12. The predicted molar refractivity (Wildman–Crippen MR) is 99.4 cm³/mol. The first-order chi connectivity index (χ1) is 12.1. The molecule has 2 aromatic rings. The Morgan fingerprint density at radius 2 is 1.88 bits per heavy atom. The number of urea groups is 1. The molecule has 0 radical (unpaired) electrons. The van der Waals surface area contributed by atoms with Crippen LogP contribution in [0.15, 0.2) is 35.7 Å². The average Bonchev–Trinajstić information content (AvgIpc) is 3.26. The van der Waals surface area contributed by atoms with Crippen molar-refractivity contribution in [2.24, 2.45) is 0 Å². The number of amides is 3. The normalized spacial score (nSPS) is 16.4. The Kier molecular flexibility index (Phi) is 5.67. The fraction of sp³-hybridized carbons (Fsp3) is 0.333. The summed E-state index contributed by atoms with van der Waals surface area (Å²) >= 11 is 1.42. The number of ether oxygens (including phenoxy) is 1. The van der Waals surface area contributed by atoms with Gasteiger partial charge < -0.3 is 20.7 Å². The van der Waals surface area contributed by atoms with Gasteiger partial charge in [-0.3, -0.25) is 4.79 Å². The van der Waals surface area contributed by atoms with Crippen LogP contribution in [0, 0.1) is 6.92 Å². The molecule has 3 N–H and O–H groups in total. The summed E-state index contributed by atoms with van der Waals surface area (Å²) in [6, 6.07) is 8.68. The number of nitrogens with one attached hydrogen (secondary N) is 3. The molecule has 3 rings (SSSR count). The molecule has 0 aliphatic carbocycles. The summed E-state index contributed by atoms with van der Waals surface area (Å²) < 4.78 is 5.46. The lowest BCUT2D eigenvalue weighted by Gasteiger charge is -2.12. The van der Waals surface area contributed by atoms with Gasteiger partial charge >= 0.3 is 6.03 Å². The Balaban J connectivity index is 1.49. The van der Waals surface area contributed by atoms with Crippen molar-refractivity contribution in [1.82, 2.24) is 5.32 Å². The second kappa shape index (κ2) is 8.13. The first-order valence-electron chi connectivity index (χ1n) is 8.24. The van der Waals surface area contributed by atoms with Gasteiger partial charge in [-0.25, -0.2) is 4.79 Å². The molecule has 1 aliphatic rings. The molecule has 0 unspecified atom stereocenters. The summed E-state index contributed by atoms with van der Waals surface area (Å²) in [7, 11) is 0. The van der Waals surface area contributed by atoms with Crippen LogP contribution in [0.4, 0.5) is 16.2 Å². The van der Waals surface area contributed by atoms with E-state index < -0.39 is 0 Å². The summed E-state index contributed by atoms with van der Waals surface area (Å²) in [4.78, 5) is 24.8. The van der Waals surface area contributed by atoms with Gasteiger partial charge in [0.2, 0.25) is 0 Å². The molecule has 6 nitrogen and oxygen atoms in total. The van der Waals surface area contributed by atoms with Gasteiger partial charge in [-0.05, 0) is 61.0 Å². The lowest BCUT2D eigenvalue weighted by molar-refractivity contribution is 0.103. The van der Waals surface area contributed by atoms with E-state index in [0.29, 0.717) is 22.8 Å². The molecule has 0 saturated carbocycles. The van der Waals surface area contributed by atoms with E-state index in [9.17, 15) is 9.59 Å². The van der Waals surface area contributed by atoms with E-state index in [0.717, 1.165) is 25.0 Å². The minimum atomic E-state index is -0.263. The highest BCUT2D eigenvalue weighted by Crippen LogP contribution is 2.19. The Morgan fingerprint density at radius 1 is 1.16 bits per heavy atom. The van der Waals surface area contributed by atoms with Crippen LogP contribution in [-0.2, 0) is 4.74 Å². The minimum absolute atomic E-state index is 0.115. The fourth-order valence-corrected chi connectivity index (χ4v) is 3.44. The zero-order chi connectivity index (χ0) is 17.6. The summed E-state index contributed by atoms with van der Waals surface area (Å²) in [6.07, 6.45) is 2.15. The zero-order valence-corrected chi connectivity index (χ0v) is 14.8. The van der Waals surface area contributed by atoms with Crippen molar-refractivity contribution in [2.45, 2.75) is 25.9 Å². The number of carbonyl (C=O) groups excluding carboxylic acids is 2. The third-order valence-corrected chi connectivity index (χ3v) is 5.00. The van der Waals surface area contributed by atoms with E-state index >= 15 is 0 Å². The van der Waals surface area contributed by atoms with Crippen molar-refractivity contribution in [1.29, 1.82) is 0 Å². The van der Waals surface area contributed by atoms with Gasteiger partial charge in [-0.1, -0.05) is 0 Å². The number of hydrogen-bond acceptors (Lipinski definition) is 4. The van der Waals surface area contributed by atoms with Crippen LogP contribution in [-0.4, -0.2) is 31.2 Å². The molecule has 1 saturated heterocycles. The van der Waals surface area contributed by atoms with Crippen molar-refractivity contribution in [2.75, 3.05) is 23.8 Å². The molecular formula is C18H21N3O3S. The molecule has 0 bridgehead atoms. The molecule has 1 aromatic heterocycles. The van der Waals surface area contributed by atoms with Gasteiger partial charge in [-0.15, -0.1) is 11.3 Å². The van der Waals surface area contributed by atoms with Crippen LogP contribution >= 0.6 is 11.3 Å². The fourth-order valence-electron chi connectivity index (χ4n) is 2.62. The number of carbonyl (C=O) groups is 2. The largest absolute Gasteiger partial charge is 0.376 e. The van der Waals surface area contributed by atoms with Crippen LogP contribution in [0.25, 0.3) is 0 Å². The molecule has 0 spiro atoms. The van der Waals surface area contributed by atoms with Crippen molar-refractivity contribution < 1.29 is 14.3 Å². The van der Waals surface area contributed by atoms with Crippen molar-refractivity contribution in [3.63, 3.8) is 0 Å². The Morgan fingerprint density at radius 3 is 2.48 bits per heavy atom. The number of rotatable bonds is 5. The lowest BCUT2D eigenvalue weighted by atomic mass is 10.2. The third kappa shape index (κ3) is 4.80. The Labute approximate surface area is 150 Å². The Bertz CT molecular complexity index is 736. The average molecular weight is 359 g/mol. The molecule has 3 amide bonds. The summed E-state index contributed by atoms with van der Waals surface area (Å²) in [5.74, 6) is -0.123. The van der Waals surface area contributed by atoms with Crippen LogP contribution in [0.5, 0.6) is 0 Å². The van der Waals surface area contributed by atoms with Crippen LogP contribution in [0.1, 0.15) is 28.1 Å². The van der Waals surface area contributed by atoms with Crippen molar-refractivity contribution in [3.8, 4) is 0 Å². The number of anilines is 2. The zero-order valence-electron chi connectivity index (χ0n) is 14.0. The number of aryl methyl sites for hydroxylation is 1. The highest BCUT2D eigenvalue weighted by molar-refractivity contribution is 7.12. The highest BCUT2D eigenvalue weighted by Gasteiger charge is 2.16. The van der Waals surface area contributed by atoms with Crippen LogP contribution in [0.2, 0.25) is 0 Å². The number of hydrogen-bond donors (Lipinski definition) is 3. The molecular weight excluding hydrogens is 338 g/mol. The standard InChI is InChI=1S/C18H21N3O3S/c1-12-8-10-25-16(12)17(22)20-13-4-6-14(7-5-13)21-18(23)19-11-15-3-2-9-24-15/h4-8,10,15H,2-3,9,11H2,1H3,(H,20,22)(H2,19,21,23)/t15-/m0/s1. The maximum atomic E-state index is 12.2. The smallest absolute Gasteiger partial charge is 0.319 e. The van der Waals surface area contributed by atoms with Crippen LogP contribution < -0.4 is 16.0 Å². The molecule has 2 heterocycles. The Hall–Kier alpha value is -2.38. The summed E-state index contributed by atoms with van der Waals surface area (Å²) in [6.45, 7) is 3.19. The second-order valence-corrected chi connectivity index (χ2v) is 6.85. The van der Waals surface area contributed by atoms with E-state index in [1.54, 1.807) is 24.3 Å². The van der Waals surface area contributed by atoms with E-state index in [1.165, 1.54) is 11.3 Å². The van der Waals surface area contributed by atoms with Gasteiger partial charge in [0.05, 0.1) is 11.0 Å². The first kappa shape index (κ1) is 17.4. The van der Waals surface area contributed by atoms with Gasteiger partial charge in [0.25, 0.3) is 5.91 Å². The maximum Gasteiger partial charge on any atom is 0.319 e. The van der Waals surface area contributed by atoms with Gasteiger partial charge in [0, 0.05) is 24.5 Å². The second-order valence-electron chi connectivity index (χ2n) is 5.93.